The van der Waals surface area contributed by atoms with E-state index < -0.39 is 28.5 Å². The minimum absolute atomic E-state index is 0.00714. The van der Waals surface area contributed by atoms with Gasteiger partial charge in [-0.3, -0.25) is 9.10 Å². The van der Waals surface area contributed by atoms with Crippen LogP contribution in [0.4, 0.5) is 5.69 Å². The number of benzene rings is 2. The highest BCUT2D eigenvalue weighted by Gasteiger charge is 2.31. The Balaban J connectivity index is 1.74. The molecule has 7 nitrogen and oxygen atoms in total. The molecule has 0 saturated carbocycles. The first-order valence-corrected chi connectivity index (χ1v) is 10.9. The number of nitrogens with one attached hydrogen (secondary N) is 1. The molecule has 0 aromatic heterocycles. The van der Waals surface area contributed by atoms with Gasteiger partial charge in [-0.2, -0.15) is 0 Å². The Morgan fingerprint density at radius 2 is 1.93 bits per heavy atom. The van der Waals surface area contributed by atoms with Crippen molar-refractivity contribution in [1.82, 2.24) is 5.32 Å². The summed E-state index contributed by atoms with van der Waals surface area (Å²) in [6.07, 6.45) is 1.40. The Bertz CT molecular complexity index is 1020. The molecule has 1 heterocycles. The molecule has 2 aromatic carbocycles. The van der Waals surface area contributed by atoms with Crippen molar-refractivity contribution in [3.05, 3.63) is 59.7 Å². The normalized spacial score (nSPS) is 14.2. The first-order valence-electron chi connectivity index (χ1n) is 9.50. The van der Waals surface area contributed by atoms with Crippen LogP contribution < -0.4 is 9.62 Å². The Kier molecular flexibility index (Phi) is 6.22. The number of carbonyl (C=O) groups is 2. The maximum absolute atomic E-state index is 13.1. The molecule has 29 heavy (non-hydrogen) atoms. The van der Waals surface area contributed by atoms with Crippen LogP contribution in [0.15, 0.2) is 53.4 Å². The summed E-state index contributed by atoms with van der Waals surface area (Å²) in [4.78, 5) is 24.1. The topological polar surface area (TPSA) is 92.8 Å². The Morgan fingerprint density at radius 3 is 2.69 bits per heavy atom. The van der Waals surface area contributed by atoms with Crippen LogP contribution in [0.1, 0.15) is 36.2 Å². The van der Waals surface area contributed by atoms with Gasteiger partial charge in [0.05, 0.1) is 16.1 Å². The summed E-state index contributed by atoms with van der Waals surface area (Å²) in [5, 5.41) is 2.70. The predicted octanol–water partition coefficient (Wildman–Crippen LogP) is 2.51. The molecule has 0 fully saturated rings. The summed E-state index contributed by atoms with van der Waals surface area (Å²) in [6.45, 7) is 3.72. The van der Waals surface area contributed by atoms with Crippen molar-refractivity contribution in [1.29, 1.82) is 0 Å². The minimum atomic E-state index is -3.81. The molecule has 154 valence electrons. The van der Waals surface area contributed by atoms with Gasteiger partial charge in [0.1, 0.15) is 0 Å². The molecule has 1 aliphatic heterocycles. The fourth-order valence-corrected chi connectivity index (χ4v) is 4.65. The molecule has 0 bridgehead atoms. The number of amides is 1. The number of hydrogen-bond acceptors (Lipinski definition) is 5. The van der Waals surface area contributed by atoms with E-state index in [0.717, 1.165) is 12.0 Å². The molecule has 0 saturated heterocycles. The van der Waals surface area contributed by atoms with Crippen molar-refractivity contribution in [3.63, 3.8) is 0 Å². The van der Waals surface area contributed by atoms with Crippen molar-refractivity contribution in [3.8, 4) is 0 Å². The van der Waals surface area contributed by atoms with Crippen LogP contribution in [0, 0.1) is 0 Å². The number of rotatable bonds is 7. The van der Waals surface area contributed by atoms with E-state index in [1.165, 1.54) is 28.6 Å². The average Bonchev–Trinajstić information content (AvgIpc) is 3.17. The number of nitrogens with zero attached hydrogens (tertiary/aromatic N) is 1. The molecule has 8 heteroatoms. The van der Waals surface area contributed by atoms with Crippen LogP contribution in [0.25, 0.3) is 0 Å². The van der Waals surface area contributed by atoms with Gasteiger partial charge < -0.3 is 10.1 Å². The third-order valence-corrected chi connectivity index (χ3v) is 6.67. The van der Waals surface area contributed by atoms with E-state index >= 15 is 0 Å². The van der Waals surface area contributed by atoms with E-state index in [4.69, 9.17) is 4.74 Å². The van der Waals surface area contributed by atoms with Crippen molar-refractivity contribution < 1.29 is 22.7 Å². The number of ether oxygens (including phenoxy) is 1. The van der Waals surface area contributed by atoms with Crippen LogP contribution in [0.2, 0.25) is 0 Å². The number of hydrogen-bond donors (Lipinski definition) is 1. The highest BCUT2D eigenvalue weighted by Crippen LogP contribution is 2.32. The van der Waals surface area contributed by atoms with Crippen molar-refractivity contribution >= 4 is 27.6 Å². The largest absolute Gasteiger partial charge is 0.452 e. The molecule has 0 radical (unpaired) electrons. The van der Waals surface area contributed by atoms with Crippen molar-refractivity contribution in [2.24, 2.45) is 0 Å². The highest BCUT2D eigenvalue weighted by molar-refractivity contribution is 7.92. The Labute approximate surface area is 170 Å². The Morgan fingerprint density at radius 1 is 1.17 bits per heavy atom. The zero-order chi connectivity index (χ0) is 21.0. The lowest BCUT2D eigenvalue weighted by Gasteiger charge is -2.19. The summed E-state index contributed by atoms with van der Waals surface area (Å²) >= 11 is 0. The van der Waals surface area contributed by atoms with E-state index in [1.807, 2.05) is 26.0 Å². The molecule has 1 amide bonds. The number of carbonyl (C=O) groups excluding carboxylic acids is 2. The van der Waals surface area contributed by atoms with Gasteiger partial charge in [0.25, 0.3) is 15.9 Å². The van der Waals surface area contributed by atoms with Crippen LogP contribution in [0.5, 0.6) is 0 Å². The number of anilines is 1. The van der Waals surface area contributed by atoms with Gasteiger partial charge in [0.2, 0.25) is 0 Å². The lowest BCUT2D eigenvalue weighted by atomic mass is 10.2. The highest BCUT2D eigenvalue weighted by atomic mass is 32.2. The molecule has 0 aliphatic carbocycles. The van der Waals surface area contributed by atoms with Gasteiger partial charge in [0.15, 0.2) is 6.61 Å². The van der Waals surface area contributed by atoms with Crippen molar-refractivity contribution in [2.75, 3.05) is 17.5 Å². The van der Waals surface area contributed by atoms with Gasteiger partial charge >= 0.3 is 5.97 Å². The summed E-state index contributed by atoms with van der Waals surface area (Å²) in [5.74, 6) is -1.15. The van der Waals surface area contributed by atoms with Gasteiger partial charge in [-0.05, 0) is 49.6 Å². The number of fused-ring (bicyclic) bond motifs is 1. The monoisotopic (exact) mass is 416 g/mol. The quantitative estimate of drug-likeness (QED) is 0.700. The van der Waals surface area contributed by atoms with Gasteiger partial charge in [-0.25, -0.2) is 13.2 Å². The second-order valence-corrected chi connectivity index (χ2v) is 8.80. The smallest absolute Gasteiger partial charge is 0.338 e. The van der Waals surface area contributed by atoms with Gasteiger partial charge in [-0.1, -0.05) is 31.2 Å². The van der Waals surface area contributed by atoms with E-state index in [1.54, 1.807) is 12.1 Å². The average molecular weight is 416 g/mol. The second kappa shape index (κ2) is 8.65. The lowest BCUT2D eigenvalue weighted by molar-refractivity contribution is -0.124. The second-order valence-electron chi connectivity index (χ2n) is 6.94. The Hall–Kier alpha value is -2.87. The number of sulfonamides is 1. The maximum Gasteiger partial charge on any atom is 0.338 e. The zero-order valence-electron chi connectivity index (χ0n) is 16.4. The number of esters is 1. The summed E-state index contributed by atoms with van der Waals surface area (Å²) in [5.41, 5.74) is 1.70. The van der Waals surface area contributed by atoms with E-state index in [-0.39, 0.29) is 16.5 Å². The van der Waals surface area contributed by atoms with E-state index in [9.17, 15) is 18.0 Å². The molecule has 1 N–H and O–H groups in total. The zero-order valence-corrected chi connectivity index (χ0v) is 17.2. The van der Waals surface area contributed by atoms with Crippen LogP contribution >= 0.6 is 0 Å². The molecule has 1 aliphatic rings. The van der Waals surface area contributed by atoms with Gasteiger partial charge in [-0.15, -0.1) is 0 Å². The molecular weight excluding hydrogens is 392 g/mol. The summed E-state index contributed by atoms with van der Waals surface area (Å²) in [6, 6.07) is 13.0. The first kappa shape index (κ1) is 20.9. The third-order valence-electron chi connectivity index (χ3n) is 4.86. The standard InChI is InChI=1S/C21H24N2O5S/c1-3-15(2)22-20(24)14-28-21(25)17-8-6-9-18(13-17)29(26,27)23-12-11-16-7-4-5-10-19(16)23/h4-10,13,15H,3,11-12,14H2,1-2H3,(H,22,24)/t15-/m1/s1. The fourth-order valence-electron chi connectivity index (χ4n) is 3.10. The molecule has 2 aromatic rings. The number of para-hydroxylation sites is 1. The molecule has 1 atom stereocenters. The molecular formula is C21H24N2O5S. The van der Waals surface area contributed by atoms with Gasteiger partial charge in [0, 0.05) is 12.6 Å². The summed E-state index contributed by atoms with van der Waals surface area (Å²) in [7, 11) is -3.81. The third kappa shape index (κ3) is 4.59. The van der Waals surface area contributed by atoms with E-state index in [0.29, 0.717) is 18.7 Å². The first-order chi connectivity index (χ1) is 13.8. The van der Waals surface area contributed by atoms with Crippen LogP contribution in [-0.4, -0.2) is 39.5 Å². The summed E-state index contributed by atoms with van der Waals surface area (Å²) < 4.78 is 32.6. The van der Waals surface area contributed by atoms with Crippen molar-refractivity contribution in [2.45, 2.75) is 37.6 Å². The van der Waals surface area contributed by atoms with Crippen LogP contribution in [0.3, 0.4) is 0 Å². The lowest BCUT2D eigenvalue weighted by Crippen LogP contribution is -2.35. The molecule has 0 spiro atoms. The molecule has 3 rings (SSSR count). The molecule has 0 unspecified atom stereocenters. The van der Waals surface area contributed by atoms with E-state index in [2.05, 4.69) is 5.32 Å². The predicted molar refractivity (Wildman–Crippen MR) is 109 cm³/mol. The SMILES string of the molecule is CC[C@@H](C)NC(=O)COC(=O)c1cccc(S(=O)(=O)N2CCc3ccccc32)c1. The minimum Gasteiger partial charge on any atom is -0.452 e. The van der Waals surface area contributed by atoms with Crippen LogP contribution in [-0.2, 0) is 26.0 Å². The fraction of sp³-hybridized carbons (Fsp3) is 0.333. The maximum atomic E-state index is 13.1.